The normalized spacial score (nSPS) is 12.3. The zero-order valence-corrected chi connectivity index (χ0v) is 18.3. The topological polar surface area (TPSA) is 75.7 Å². The summed E-state index contributed by atoms with van der Waals surface area (Å²) in [4.78, 5) is 39.1. The molecule has 0 bridgehead atoms. The first-order valence-corrected chi connectivity index (χ1v) is 10.5. The fourth-order valence-corrected chi connectivity index (χ4v) is 3.98. The maximum atomic E-state index is 13.2. The number of rotatable bonds is 4. The quantitative estimate of drug-likeness (QED) is 0.551. The molecule has 0 fully saturated rings. The van der Waals surface area contributed by atoms with Crippen LogP contribution in [0.25, 0.3) is 0 Å². The van der Waals surface area contributed by atoms with E-state index in [0.29, 0.717) is 35.3 Å². The fraction of sp³-hybridized carbons (Fsp3) is 0.125. The number of halogens is 1. The zero-order chi connectivity index (χ0) is 22.0. The average molecular weight is 479 g/mol. The Hall–Kier alpha value is -3.45. The molecule has 0 unspecified atom stereocenters. The number of nitrogens with one attached hydrogen (secondary N) is 1. The van der Waals surface area contributed by atoms with E-state index in [9.17, 15) is 14.4 Å². The van der Waals surface area contributed by atoms with E-state index in [0.717, 1.165) is 15.7 Å². The summed E-state index contributed by atoms with van der Waals surface area (Å²) in [7, 11) is 1.34. The Kier molecular flexibility index (Phi) is 5.86. The lowest BCUT2D eigenvalue weighted by atomic mass is 10.1. The third-order valence-corrected chi connectivity index (χ3v) is 5.59. The maximum Gasteiger partial charge on any atom is 0.337 e. The second kappa shape index (κ2) is 8.73. The van der Waals surface area contributed by atoms with Gasteiger partial charge in [0.25, 0.3) is 11.8 Å². The van der Waals surface area contributed by atoms with Crippen LogP contribution < -0.4 is 10.2 Å². The van der Waals surface area contributed by atoms with Crippen LogP contribution in [0.15, 0.2) is 71.2 Å². The predicted octanol–water partition coefficient (Wildman–Crippen LogP) is 4.69. The van der Waals surface area contributed by atoms with Crippen LogP contribution in [0, 0.1) is 0 Å². The molecule has 7 heteroatoms. The highest BCUT2D eigenvalue weighted by Gasteiger charge is 2.26. The number of anilines is 2. The van der Waals surface area contributed by atoms with Crippen LogP contribution in [-0.2, 0) is 11.2 Å². The molecule has 0 aliphatic carbocycles. The maximum absolute atomic E-state index is 13.2. The van der Waals surface area contributed by atoms with Crippen LogP contribution in [0.1, 0.15) is 36.6 Å². The number of ether oxygens (including phenoxy) is 1. The summed E-state index contributed by atoms with van der Waals surface area (Å²) in [6, 6.07) is 19.1. The van der Waals surface area contributed by atoms with E-state index in [1.807, 2.05) is 6.07 Å². The molecule has 1 aliphatic rings. The minimum Gasteiger partial charge on any atom is -0.465 e. The Bertz CT molecular complexity index is 1190. The van der Waals surface area contributed by atoms with Gasteiger partial charge in [0.05, 0.1) is 12.7 Å². The lowest BCUT2D eigenvalue weighted by molar-refractivity contribution is 0.0600. The molecule has 156 valence electrons. The fourth-order valence-electron chi connectivity index (χ4n) is 3.58. The van der Waals surface area contributed by atoms with E-state index in [1.165, 1.54) is 7.11 Å². The Morgan fingerprint density at radius 3 is 2.48 bits per heavy atom. The number of benzene rings is 3. The molecule has 1 aliphatic heterocycles. The van der Waals surface area contributed by atoms with Gasteiger partial charge in [-0.3, -0.25) is 9.59 Å². The van der Waals surface area contributed by atoms with Crippen LogP contribution in [0.5, 0.6) is 0 Å². The molecule has 0 saturated carbocycles. The van der Waals surface area contributed by atoms with Crippen LogP contribution >= 0.6 is 15.9 Å². The average Bonchev–Trinajstić information content (AvgIpc) is 3.21. The smallest absolute Gasteiger partial charge is 0.337 e. The summed E-state index contributed by atoms with van der Waals surface area (Å²) in [6.45, 7) is 0.521. The first-order chi connectivity index (χ1) is 15.0. The van der Waals surface area contributed by atoms with Gasteiger partial charge in [0.15, 0.2) is 0 Å². The van der Waals surface area contributed by atoms with Crippen molar-refractivity contribution in [3.63, 3.8) is 0 Å². The van der Waals surface area contributed by atoms with Gasteiger partial charge in [-0.05, 0) is 66.6 Å². The van der Waals surface area contributed by atoms with Gasteiger partial charge in [0, 0.05) is 33.5 Å². The molecule has 0 saturated heterocycles. The highest BCUT2D eigenvalue weighted by atomic mass is 79.9. The summed E-state index contributed by atoms with van der Waals surface area (Å²) in [5.41, 5.74) is 3.69. The van der Waals surface area contributed by atoms with Crippen LogP contribution in [0.2, 0.25) is 0 Å². The van der Waals surface area contributed by atoms with E-state index in [-0.39, 0.29) is 11.8 Å². The van der Waals surface area contributed by atoms with Gasteiger partial charge in [0.1, 0.15) is 0 Å². The molecule has 1 N–H and O–H groups in total. The van der Waals surface area contributed by atoms with Crippen molar-refractivity contribution >= 4 is 45.1 Å². The summed E-state index contributed by atoms with van der Waals surface area (Å²) in [5.74, 6) is -0.822. The van der Waals surface area contributed by atoms with E-state index in [4.69, 9.17) is 4.74 Å². The summed E-state index contributed by atoms with van der Waals surface area (Å²) >= 11 is 3.36. The van der Waals surface area contributed by atoms with Crippen molar-refractivity contribution in [2.75, 3.05) is 23.9 Å². The summed E-state index contributed by atoms with van der Waals surface area (Å²) in [5, 5.41) is 2.83. The van der Waals surface area contributed by atoms with Crippen molar-refractivity contribution in [1.82, 2.24) is 0 Å². The molecule has 4 rings (SSSR count). The first-order valence-electron chi connectivity index (χ1n) is 9.66. The predicted molar refractivity (Wildman–Crippen MR) is 122 cm³/mol. The van der Waals surface area contributed by atoms with Gasteiger partial charge in [0.2, 0.25) is 0 Å². The second-order valence-corrected chi connectivity index (χ2v) is 8.00. The van der Waals surface area contributed by atoms with Gasteiger partial charge in [-0.25, -0.2) is 4.79 Å². The molecule has 3 aromatic rings. The number of esters is 1. The Labute approximate surface area is 188 Å². The van der Waals surface area contributed by atoms with E-state index in [2.05, 4.69) is 21.2 Å². The standard InChI is InChI=1S/C24H19BrN2O4/c1-31-24(30)18-8-9-21-15(12-18)10-11-27(21)23(29)17-5-3-7-20(14-17)26-22(28)16-4-2-6-19(25)13-16/h2-9,12-14H,10-11H2,1H3,(H,26,28). The van der Waals surface area contributed by atoms with Crippen LogP contribution in [-0.4, -0.2) is 31.4 Å². The van der Waals surface area contributed by atoms with Crippen molar-refractivity contribution in [1.29, 1.82) is 0 Å². The van der Waals surface area contributed by atoms with E-state index in [1.54, 1.807) is 65.6 Å². The molecular weight excluding hydrogens is 460 g/mol. The Morgan fingerprint density at radius 1 is 0.935 bits per heavy atom. The number of amides is 2. The first kappa shape index (κ1) is 20.8. The zero-order valence-electron chi connectivity index (χ0n) is 16.7. The molecule has 0 spiro atoms. The van der Waals surface area contributed by atoms with Crippen molar-refractivity contribution < 1.29 is 19.1 Å². The third-order valence-electron chi connectivity index (χ3n) is 5.10. The number of carbonyl (C=O) groups is 3. The van der Waals surface area contributed by atoms with Gasteiger partial charge in [-0.1, -0.05) is 28.1 Å². The summed E-state index contributed by atoms with van der Waals surface area (Å²) < 4.78 is 5.58. The minimum absolute atomic E-state index is 0.164. The third kappa shape index (κ3) is 4.36. The number of hydrogen-bond donors (Lipinski definition) is 1. The second-order valence-electron chi connectivity index (χ2n) is 7.09. The minimum atomic E-state index is -0.401. The SMILES string of the molecule is COC(=O)c1ccc2c(c1)CCN2C(=O)c1cccc(NC(=O)c2cccc(Br)c2)c1. The van der Waals surface area contributed by atoms with Crippen LogP contribution in [0.3, 0.4) is 0 Å². The lowest BCUT2D eigenvalue weighted by Crippen LogP contribution is -2.29. The van der Waals surface area contributed by atoms with Crippen molar-refractivity contribution in [2.45, 2.75) is 6.42 Å². The van der Waals surface area contributed by atoms with Gasteiger partial charge < -0.3 is 15.0 Å². The number of fused-ring (bicyclic) bond motifs is 1. The number of methoxy groups -OCH3 is 1. The van der Waals surface area contributed by atoms with Gasteiger partial charge in [-0.15, -0.1) is 0 Å². The van der Waals surface area contributed by atoms with E-state index < -0.39 is 5.97 Å². The number of hydrogen-bond acceptors (Lipinski definition) is 4. The Balaban J connectivity index is 1.53. The highest BCUT2D eigenvalue weighted by molar-refractivity contribution is 9.10. The van der Waals surface area contributed by atoms with E-state index >= 15 is 0 Å². The molecule has 2 amide bonds. The highest BCUT2D eigenvalue weighted by Crippen LogP contribution is 2.31. The molecule has 1 heterocycles. The van der Waals surface area contributed by atoms with Crippen molar-refractivity contribution in [3.05, 3.63) is 93.5 Å². The van der Waals surface area contributed by atoms with Crippen molar-refractivity contribution in [3.8, 4) is 0 Å². The largest absolute Gasteiger partial charge is 0.465 e. The molecule has 31 heavy (non-hydrogen) atoms. The Morgan fingerprint density at radius 2 is 1.71 bits per heavy atom. The monoisotopic (exact) mass is 478 g/mol. The molecule has 3 aromatic carbocycles. The van der Waals surface area contributed by atoms with Crippen molar-refractivity contribution in [2.24, 2.45) is 0 Å². The molecule has 0 atom stereocenters. The van der Waals surface area contributed by atoms with Gasteiger partial charge >= 0.3 is 5.97 Å². The molecule has 6 nitrogen and oxygen atoms in total. The molecule has 0 aromatic heterocycles. The lowest BCUT2D eigenvalue weighted by Gasteiger charge is -2.18. The van der Waals surface area contributed by atoms with Gasteiger partial charge in [-0.2, -0.15) is 0 Å². The summed E-state index contributed by atoms with van der Waals surface area (Å²) in [6.07, 6.45) is 0.658. The molecular formula is C24H19BrN2O4. The molecule has 0 radical (unpaired) electrons. The number of nitrogens with zero attached hydrogens (tertiary/aromatic N) is 1. The van der Waals surface area contributed by atoms with Crippen LogP contribution in [0.4, 0.5) is 11.4 Å². The number of carbonyl (C=O) groups excluding carboxylic acids is 3.